The predicted molar refractivity (Wildman–Crippen MR) is 139 cm³/mol. The number of benzene rings is 3. The van der Waals surface area contributed by atoms with Gasteiger partial charge in [-0.3, -0.25) is 15.0 Å². The number of amides is 2. The van der Waals surface area contributed by atoms with Crippen LogP contribution in [0.3, 0.4) is 0 Å². The Kier molecular flexibility index (Phi) is 7.49. The van der Waals surface area contributed by atoms with Crippen LogP contribution in [0, 0.1) is 0 Å². The average molecular weight is 560 g/mol. The zero-order chi connectivity index (χ0) is 23.4. The van der Waals surface area contributed by atoms with Crippen LogP contribution in [0.4, 0.5) is 0 Å². The molecule has 0 aliphatic carbocycles. The number of hydrazine groups is 1. The van der Waals surface area contributed by atoms with Crippen LogP contribution >= 0.6 is 51.5 Å². The first-order valence-electron chi connectivity index (χ1n) is 9.71. The number of carbonyl (C=O) groups excluding carboxylic acids is 2. The molecule has 0 spiro atoms. The molecule has 1 aliphatic heterocycles. The topological polar surface area (TPSA) is 58.6 Å². The SMILES string of the molecule is O=C(NN1C(=O)/C(=C\c2ccc(OCc3ccccc3)c(Br)c2)SC1=S)c1ccc(Cl)cc1. The van der Waals surface area contributed by atoms with Crippen LogP contribution < -0.4 is 10.2 Å². The summed E-state index contributed by atoms with van der Waals surface area (Å²) >= 11 is 15.8. The van der Waals surface area contributed by atoms with Crippen molar-refractivity contribution in [2.45, 2.75) is 6.61 Å². The quantitative estimate of drug-likeness (QED) is 0.287. The van der Waals surface area contributed by atoms with E-state index in [1.807, 2.05) is 48.5 Å². The number of thioether (sulfide) groups is 1. The minimum Gasteiger partial charge on any atom is -0.488 e. The van der Waals surface area contributed by atoms with Gasteiger partial charge in [-0.25, -0.2) is 0 Å². The van der Waals surface area contributed by atoms with Crippen LogP contribution in [0.15, 0.2) is 82.2 Å². The van der Waals surface area contributed by atoms with Crippen LogP contribution in [-0.4, -0.2) is 21.1 Å². The van der Waals surface area contributed by atoms with Gasteiger partial charge >= 0.3 is 0 Å². The molecule has 9 heteroatoms. The lowest BCUT2D eigenvalue weighted by Crippen LogP contribution is -2.44. The molecule has 0 saturated carbocycles. The molecule has 3 aromatic rings. The Morgan fingerprint density at radius 3 is 2.55 bits per heavy atom. The van der Waals surface area contributed by atoms with Crippen molar-refractivity contribution in [3.05, 3.63) is 104 Å². The van der Waals surface area contributed by atoms with Crippen molar-refractivity contribution in [2.75, 3.05) is 0 Å². The molecule has 0 unspecified atom stereocenters. The van der Waals surface area contributed by atoms with E-state index in [0.717, 1.165) is 32.4 Å². The molecule has 2 amide bonds. The van der Waals surface area contributed by atoms with Crippen LogP contribution in [-0.2, 0) is 11.4 Å². The standard InChI is InChI=1S/C24H16BrClN2O3S2/c25-19-12-16(6-11-20(19)31-14-15-4-2-1-3-5-15)13-21-23(30)28(24(32)33-21)27-22(29)17-7-9-18(26)10-8-17/h1-13H,14H2,(H,27,29)/b21-13+. The molecule has 3 aromatic carbocycles. The number of nitrogens with zero attached hydrogens (tertiary/aromatic N) is 1. The third-order valence-electron chi connectivity index (χ3n) is 4.60. The lowest BCUT2D eigenvalue weighted by molar-refractivity contribution is -0.123. The summed E-state index contributed by atoms with van der Waals surface area (Å²) in [6, 6.07) is 21.8. The highest BCUT2D eigenvalue weighted by Crippen LogP contribution is 2.33. The summed E-state index contributed by atoms with van der Waals surface area (Å²) in [6.45, 7) is 0.449. The molecule has 0 radical (unpaired) electrons. The van der Waals surface area contributed by atoms with E-state index in [1.54, 1.807) is 30.3 Å². The summed E-state index contributed by atoms with van der Waals surface area (Å²) in [5.41, 5.74) is 4.78. The lowest BCUT2D eigenvalue weighted by Gasteiger charge is -2.15. The predicted octanol–water partition coefficient (Wildman–Crippen LogP) is 6.23. The van der Waals surface area contributed by atoms with Crippen molar-refractivity contribution >= 4 is 73.7 Å². The van der Waals surface area contributed by atoms with Crippen molar-refractivity contribution in [3.63, 3.8) is 0 Å². The maximum atomic E-state index is 12.8. The molecule has 0 bridgehead atoms. The van der Waals surface area contributed by atoms with E-state index < -0.39 is 11.8 Å². The third-order valence-corrected chi connectivity index (χ3v) is 6.78. The second kappa shape index (κ2) is 10.5. The summed E-state index contributed by atoms with van der Waals surface area (Å²) in [4.78, 5) is 25.7. The smallest absolute Gasteiger partial charge is 0.285 e. The minimum atomic E-state index is -0.452. The van der Waals surface area contributed by atoms with E-state index in [0.29, 0.717) is 27.8 Å². The summed E-state index contributed by atoms with van der Waals surface area (Å²) in [7, 11) is 0. The number of ether oxygens (including phenoxy) is 1. The van der Waals surface area contributed by atoms with E-state index in [2.05, 4.69) is 21.4 Å². The number of rotatable bonds is 6. The molecule has 1 N–H and O–H groups in total. The molecule has 0 aromatic heterocycles. The summed E-state index contributed by atoms with van der Waals surface area (Å²) in [6.07, 6.45) is 1.72. The van der Waals surface area contributed by atoms with Crippen LogP contribution in [0.2, 0.25) is 5.02 Å². The molecule has 1 fully saturated rings. The van der Waals surface area contributed by atoms with Gasteiger partial charge in [-0.1, -0.05) is 59.8 Å². The van der Waals surface area contributed by atoms with E-state index >= 15 is 0 Å². The van der Waals surface area contributed by atoms with Crippen molar-refractivity contribution in [2.24, 2.45) is 0 Å². The first kappa shape index (κ1) is 23.5. The Morgan fingerprint density at radius 2 is 1.85 bits per heavy atom. The van der Waals surface area contributed by atoms with Gasteiger partial charge in [-0.15, -0.1) is 0 Å². The molecule has 1 heterocycles. The van der Waals surface area contributed by atoms with Gasteiger partial charge in [0.2, 0.25) is 0 Å². The molecule has 33 heavy (non-hydrogen) atoms. The fraction of sp³-hybridized carbons (Fsp3) is 0.0417. The minimum absolute atomic E-state index is 0.246. The highest BCUT2D eigenvalue weighted by molar-refractivity contribution is 9.10. The van der Waals surface area contributed by atoms with Crippen molar-refractivity contribution in [1.82, 2.24) is 10.4 Å². The van der Waals surface area contributed by atoms with Crippen molar-refractivity contribution in [3.8, 4) is 5.75 Å². The van der Waals surface area contributed by atoms with Gasteiger partial charge in [0, 0.05) is 10.6 Å². The maximum Gasteiger partial charge on any atom is 0.285 e. The highest BCUT2D eigenvalue weighted by atomic mass is 79.9. The Labute approximate surface area is 213 Å². The summed E-state index contributed by atoms with van der Waals surface area (Å²) in [5, 5.41) is 1.59. The fourth-order valence-corrected chi connectivity index (χ4v) is 4.76. The highest BCUT2D eigenvalue weighted by Gasteiger charge is 2.33. The van der Waals surface area contributed by atoms with Gasteiger partial charge in [0.15, 0.2) is 4.32 Å². The first-order valence-corrected chi connectivity index (χ1v) is 12.1. The molecule has 166 valence electrons. The van der Waals surface area contributed by atoms with Gasteiger partial charge in [-0.2, -0.15) is 5.01 Å². The number of thiocarbonyl (C=S) groups is 1. The Balaban J connectivity index is 1.43. The normalized spacial score (nSPS) is 14.6. The number of hydrogen-bond acceptors (Lipinski definition) is 5. The van der Waals surface area contributed by atoms with Crippen molar-refractivity contribution < 1.29 is 14.3 Å². The van der Waals surface area contributed by atoms with E-state index in [1.165, 1.54) is 0 Å². The second-order valence-electron chi connectivity index (χ2n) is 6.93. The Morgan fingerprint density at radius 1 is 1.12 bits per heavy atom. The molecule has 4 rings (SSSR count). The summed E-state index contributed by atoms with van der Waals surface area (Å²) < 4.78 is 6.88. The Hall–Kier alpha value is -2.65. The van der Waals surface area contributed by atoms with Gasteiger partial charge in [0.05, 0.1) is 9.38 Å². The first-order chi connectivity index (χ1) is 15.9. The lowest BCUT2D eigenvalue weighted by atomic mass is 10.2. The molecule has 5 nitrogen and oxygen atoms in total. The molecule has 1 aliphatic rings. The monoisotopic (exact) mass is 558 g/mol. The molecular weight excluding hydrogens is 544 g/mol. The molecule has 0 atom stereocenters. The van der Waals surface area contributed by atoms with Gasteiger partial charge in [0.25, 0.3) is 11.8 Å². The van der Waals surface area contributed by atoms with Crippen LogP contribution in [0.1, 0.15) is 21.5 Å². The maximum absolute atomic E-state index is 12.8. The van der Waals surface area contributed by atoms with Crippen LogP contribution in [0.5, 0.6) is 5.75 Å². The number of carbonyl (C=O) groups is 2. The second-order valence-corrected chi connectivity index (χ2v) is 9.90. The van der Waals surface area contributed by atoms with E-state index in [4.69, 9.17) is 28.6 Å². The van der Waals surface area contributed by atoms with E-state index in [-0.39, 0.29) is 4.32 Å². The van der Waals surface area contributed by atoms with Crippen LogP contribution in [0.25, 0.3) is 6.08 Å². The number of nitrogens with one attached hydrogen (secondary N) is 1. The van der Waals surface area contributed by atoms with Gasteiger partial charge in [-0.05, 0) is 81.7 Å². The third kappa shape index (κ3) is 5.83. The van der Waals surface area contributed by atoms with Crippen molar-refractivity contribution in [1.29, 1.82) is 0 Å². The number of hydrogen-bond donors (Lipinski definition) is 1. The molecule has 1 saturated heterocycles. The number of halogens is 2. The van der Waals surface area contributed by atoms with Gasteiger partial charge in [0.1, 0.15) is 12.4 Å². The zero-order valence-electron chi connectivity index (χ0n) is 17.0. The average Bonchev–Trinajstić information content (AvgIpc) is 3.07. The van der Waals surface area contributed by atoms with Gasteiger partial charge < -0.3 is 4.74 Å². The Bertz CT molecular complexity index is 1250. The zero-order valence-corrected chi connectivity index (χ0v) is 20.9. The largest absolute Gasteiger partial charge is 0.488 e. The van der Waals surface area contributed by atoms with E-state index in [9.17, 15) is 9.59 Å². The fourth-order valence-electron chi connectivity index (χ4n) is 2.94. The molecular formula is C24H16BrClN2O3S2. The summed E-state index contributed by atoms with van der Waals surface area (Å²) in [5.74, 6) is -0.154.